The number of fused-ring (bicyclic) bond motifs is 1. The summed E-state index contributed by atoms with van der Waals surface area (Å²) in [5, 5.41) is 13.0. The molecule has 3 rings (SSSR count). The van der Waals surface area contributed by atoms with Gasteiger partial charge >= 0.3 is 0 Å². The van der Waals surface area contributed by atoms with Gasteiger partial charge in [0.25, 0.3) is 5.91 Å². The van der Waals surface area contributed by atoms with Gasteiger partial charge in [0.1, 0.15) is 0 Å². The highest BCUT2D eigenvalue weighted by atomic mass is 16.3. The Balaban J connectivity index is 1.87. The summed E-state index contributed by atoms with van der Waals surface area (Å²) >= 11 is 0. The largest absolute Gasteiger partial charge is 0.390 e. The molecular weight excluding hydrogens is 268 g/mol. The molecule has 2 atom stereocenters. The van der Waals surface area contributed by atoms with E-state index in [0.717, 1.165) is 11.1 Å². The topological polar surface area (TPSA) is 82.2 Å². The number of aromatic nitrogens is 1. The highest BCUT2D eigenvalue weighted by Gasteiger charge is 2.32. The first-order chi connectivity index (χ1) is 10.1. The monoisotopic (exact) mass is 284 g/mol. The number of aromatic amines is 1. The number of hydrogen-bond donors (Lipinski definition) is 3. The maximum absolute atomic E-state index is 12.3. The number of carbonyl (C=O) groups excluding carboxylic acids is 1. The first-order valence-electron chi connectivity index (χ1n) is 6.82. The number of benzene rings is 1. The fourth-order valence-corrected chi connectivity index (χ4v) is 2.78. The average Bonchev–Trinajstić information content (AvgIpc) is 2.75. The number of rotatable bonds is 2. The fourth-order valence-electron chi connectivity index (χ4n) is 2.78. The van der Waals surface area contributed by atoms with Crippen LogP contribution in [0.25, 0.3) is 0 Å². The van der Waals surface area contributed by atoms with Crippen LogP contribution in [0.1, 0.15) is 33.1 Å². The number of carbonyl (C=O) groups is 1. The van der Waals surface area contributed by atoms with Gasteiger partial charge in [-0.3, -0.25) is 9.59 Å². The Labute approximate surface area is 121 Å². The third-order valence-corrected chi connectivity index (χ3v) is 3.87. The molecule has 1 amide bonds. The molecule has 1 aliphatic carbocycles. The minimum absolute atomic E-state index is 0.240. The van der Waals surface area contributed by atoms with Crippen LogP contribution in [0.4, 0.5) is 0 Å². The zero-order valence-electron chi connectivity index (χ0n) is 11.6. The maximum atomic E-state index is 12.3. The van der Waals surface area contributed by atoms with Gasteiger partial charge in [-0.1, -0.05) is 24.3 Å². The second-order valence-electron chi connectivity index (χ2n) is 5.32. The number of aliphatic hydroxyl groups excluding tert-OH is 1. The third-order valence-electron chi connectivity index (χ3n) is 3.87. The molecule has 1 aliphatic rings. The van der Waals surface area contributed by atoms with Crippen molar-refractivity contribution in [3.8, 4) is 0 Å². The summed E-state index contributed by atoms with van der Waals surface area (Å²) in [7, 11) is 0. The van der Waals surface area contributed by atoms with Crippen LogP contribution < -0.4 is 10.9 Å². The van der Waals surface area contributed by atoms with Crippen molar-refractivity contribution >= 4 is 5.91 Å². The molecule has 0 aliphatic heterocycles. The summed E-state index contributed by atoms with van der Waals surface area (Å²) in [5.74, 6) is -0.301. The minimum Gasteiger partial charge on any atom is -0.390 e. The van der Waals surface area contributed by atoms with Crippen LogP contribution in [0.5, 0.6) is 0 Å². The van der Waals surface area contributed by atoms with Crippen LogP contribution in [-0.2, 0) is 6.42 Å². The lowest BCUT2D eigenvalue weighted by Gasteiger charge is -2.18. The van der Waals surface area contributed by atoms with E-state index in [1.54, 1.807) is 6.92 Å². The Morgan fingerprint density at radius 2 is 2.14 bits per heavy atom. The number of aliphatic hydroxyl groups is 1. The van der Waals surface area contributed by atoms with Gasteiger partial charge in [-0.05, 0) is 23.6 Å². The standard InChI is InChI=1S/C16H16N2O3/c1-9-6-14(20)17-8-12(9)16(21)18-15-11-5-3-2-4-10(11)7-13(15)19/h2-6,8,13,15,19H,7H2,1H3,(H,17,20)(H,18,21)/t13-,15+/m1/s1. The number of H-pyrrole nitrogens is 1. The van der Waals surface area contributed by atoms with Gasteiger partial charge in [-0.15, -0.1) is 0 Å². The lowest BCUT2D eigenvalue weighted by Crippen LogP contribution is -2.34. The van der Waals surface area contributed by atoms with E-state index in [-0.39, 0.29) is 11.5 Å². The van der Waals surface area contributed by atoms with Gasteiger partial charge in [0.05, 0.1) is 17.7 Å². The van der Waals surface area contributed by atoms with Crippen molar-refractivity contribution in [1.29, 1.82) is 0 Å². The van der Waals surface area contributed by atoms with Crippen molar-refractivity contribution in [1.82, 2.24) is 10.3 Å². The van der Waals surface area contributed by atoms with E-state index >= 15 is 0 Å². The third kappa shape index (κ3) is 2.48. The number of aryl methyl sites for hydroxylation is 1. The molecule has 0 unspecified atom stereocenters. The van der Waals surface area contributed by atoms with Gasteiger partial charge in [-0.25, -0.2) is 0 Å². The summed E-state index contributed by atoms with van der Waals surface area (Å²) < 4.78 is 0. The summed E-state index contributed by atoms with van der Waals surface area (Å²) in [6.07, 6.45) is 1.31. The van der Waals surface area contributed by atoms with Crippen LogP contribution in [0.2, 0.25) is 0 Å². The Hall–Kier alpha value is -2.40. The normalized spacial score (nSPS) is 20.1. The van der Waals surface area contributed by atoms with E-state index in [4.69, 9.17) is 0 Å². The predicted molar refractivity (Wildman–Crippen MR) is 78.2 cm³/mol. The molecule has 0 saturated carbocycles. The van der Waals surface area contributed by atoms with E-state index in [1.807, 2.05) is 24.3 Å². The Kier molecular flexibility index (Phi) is 3.35. The lowest BCUT2D eigenvalue weighted by atomic mass is 10.1. The molecule has 5 heteroatoms. The number of hydrogen-bond acceptors (Lipinski definition) is 3. The number of pyridine rings is 1. The summed E-state index contributed by atoms with van der Waals surface area (Å²) in [4.78, 5) is 26.0. The molecular formula is C16H16N2O3. The van der Waals surface area contributed by atoms with E-state index < -0.39 is 12.1 Å². The molecule has 2 aromatic rings. The molecule has 5 nitrogen and oxygen atoms in total. The highest BCUT2D eigenvalue weighted by Crippen LogP contribution is 2.31. The lowest BCUT2D eigenvalue weighted by molar-refractivity contribution is 0.0857. The first kappa shape index (κ1) is 13.6. The van der Waals surface area contributed by atoms with E-state index in [0.29, 0.717) is 17.5 Å². The van der Waals surface area contributed by atoms with Crippen LogP contribution in [0, 0.1) is 6.92 Å². The minimum atomic E-state index is -0.630. The molecule has 0 radical (unpaired) electrons. The quantitative estimate of drug-likeness (QED) is 0.771. The Morgan fingerprint density at radius 1 is 1.38 bits per heavy atom. The predicted octanol–water partition coefficient (Wildman–Crippen LogP) is 1.07. The number of nitrogens with one attached hydrogen (secondary N) is 2. The van der Waals surface area contributed by atoms with Crippen molar-refractivity contribution in [2.45, 2.75) is 25.5 Å². The van der Waals surface area contributed by atoms with Crippen LogP contribution in [0.15, 0.2) is 41.3 Å². The molecule has 21 heavy (non-hydrogen) atoms. The zero-order valence-corrected chi connectivity index (χ0v) is 11.6. The molecule has 0 bridgehead atoms. The van der Waals surface area contributed by atoms with Gasteiger partial charge < -0.3 is 15.4 Å². The van der Waals surface area contributed by atoms with Crippen molar-refractivity contribution in [2.24, 2.45) is 0 Å². The second-order valence-corrected chi connectivity index (χ2v) is 5.32. The highest BCUT2D eigenvalue weighted by molar-refractivity contribution is 5.95. The maximum Gasteiger partial charge on any atom is 0.253 e. The van der Waals surface area contributed by atoms with Gasteiger partial charge in [0.15, 0.2) is 0 Å². The Morgan fingerprint density at radius 3 is 2.90 bits per heavy atom. The smallest absolute Gasteiger partial charge is 0.253 e. The molecule has 1 heterocycles. The van der Waals surface area contributed by atoms with Crippen LogP contribution >= 0.6 is 0 Å². The van der Waals surface area contributed by atoms with E-state index in [1.165, 1.54) is 12.3 Å². The SMILES string of the molecule is Cc1cc(=O)[nH]cc1C(=O)N[C@H]1c2ccccc2C[C@H]1O. The van der Waals surface area contributed by atoms with Crippen molar-refractivity contribution in [3.05, 3.63) is 69.1 Å². The van der Waals surface area contributed by atoms with Crippen LogP contribution in [-0.4, -0.2) is 22.1 Å². The second kappa shape index (κ2) is 5.18. The molecule has 1 aromatic carbocycles. The zero-order chi connectivity index (χ0) is 15.0. The number of amides is 1. The summed E-state index contributed by atoms with van der Waals surface area (Å²) in [5.41, 5.74) is 2.77. The molecule has 0 fully saturated rings. The van der Waals surface area contributed by atoms with Crippen LogP contribution in [0.3, 0.4) is 0 Å². The van der Waals surface area contributed by atoms with Crippen molar-refractivity contribution in [3.63, 3.8) is 0 Å². The Bertz CT molecular complexity index is 751. The molecule has 108 valence electrons. The van der Waals surface area contributed by atoms with Gasteiger partial charge in [0.2, 0.25) is 5.56 Å². The first-order valence-corrected chi connectivity index (χ1v) is 6.82. The van der Waals surface area contributed by atoms with Crippen molar-refractivity contribution < 1.29 is 9.90 Å². The fraction of sp³-hybridized carbons (Fsp3) is 0.250. The molecule has 0 saturated heterocycles. The molecule has 0 spiro atoms. The summed E-state index contributed by atoms with van der Waals surface area (Å²) in [6.45, 7) is 1.71. The molecule has 1 aromatic heterocycles. The average molecular weight is 284 g/mol. The summed E-state index contributed by atoms with van der Waals surface area (Å²) in [6, 6.07) is 8.64. The van der Waals surface area contributed by atoms with E-state index in [9.17, 15) is 14.7 Å². The van der Waals surface area contributed by atoms with Gasteiger partial charge in [-0.2, -0.15) is 0 Å². The molecule has 3 N–H and O–H groups in total. The van der Waals surface area contributed by atoms with E-state index in [2.05, 4.69) is 10.3 Å². The van der Waals surface area contributed by atoms with Gasteiger partial charge in [0, 0.05) is 18.7 Å². The van der Waals surface area contributed by atoms with Crippen molar-refractivity contribution in [2.75, 3.05) is 0 Å².